The first-order chi connectivity index (χ1) is 10.9. The zero-order chi connectivity index (χ0) is 16.9. The van der Waals surface area contributed by atoms with E-state index in [2.05, 4.69) is 21.5 Å². The number of rotatable bonds is 5. The lowest BCUT2D eigenvalue weighted by Crippen LogP contribution is -2.43. The highest BCUT2D eigenvalue weighted by atomic mass is 127. The van der Waals surface area contributed by atoms with Crippen molar-refractivity contribution in [1.82, 2.24) is 9.62 Å². The predicted molar refractivity (Wildman–Crippen MR) is 108 cm³/mol. The number of nitrogens with zero attached hydrogens (tertiary/aromatic N) is 2. The molecule has 1 aliphatic heterocycles. The lowest BCUT2D eigenvalue weighted by Gasteiger charge is -2.31. The zero-order valence-electron chi connectivity index (χ0n) is 14.2. The van der Waals surface area contributed by atoms with Gasteiger partial charge in [-0.05, 0) is 36.5 Å². The number of halogens is 1. The first kappa shape index (κ1) is 21.2. The van der Waals surface area contributed by atoms with Crippen LogP contribution in [0.5, 0.6) is 0 Å². The number of sulfonamides is 1. The lowest BCUT2D eigenvalue weighted by molar-refractivity contribution is 0.270. The SMILES string of the molecule is CCNS(=O)(=O)c1ccc(CN=C(N)N2CCCC(C)C2)cc1.I. The molecule has 1 unspecified atom stereocenters. The van der Waals surface area contributed by atoms with Crippen molar-refractivity contribution < 1.29 is 8.42 Å². The first-order valence-corrected chi connectivity index (χ1v) is 9.54. The van der Waals surface area contributed by atoms with E-state index in [9.17, 15) is 8.42 Å². The Bertz CT molecular complexity index is 647. The van der Waals surface area contributed by atoms with E-state index in [0.717, 1.165) is 25.1 Å². The third-order valence-electron chi connectivity index (χ3n) is 3.97. The van der Waals surface area contributed by atoms with Crippen molar-refractivity contribution in [2.45, 2.75) is 38.1 Å². The van der Waals surface area contributed by atoms with E-state index >= 15 is 0 Å². The van der Waals surface area contributed by atoms with Gasteiger partial charge in [0.1, 0.15) is 0 Å². The summed E-state index contributed by atoms with van der Waals surface area (Å²) >= 11 is 0. The molecule has 1 atom stereocenters. The average Bonchev–Trinajstić information content (AvgIpc) is 2.53. The molecule has 0 bridgehead atoms. The van der Waals surface area contributed by atoms with Crippen molar-refractivity contribution in [3.05, 3.63) is 29.8 Å². The van der Waals surface area contributed by atoms with Crippen molar-refractivity contribution in [1.29, 1.82) is 0 Å². The third kappa shape index (κ3) is 5.89. The second-order valence-electron chi connectivity index (χ2n) is 6.01. The summed E-state index contributed by atoms with van der Waals surface area (Å²) < 4.78 is 26.2. The number of piperidine rings is 1. The van der Waals surface area contributed by atoms with E-state index in [4.69, 9.17) is 5.73 Å². The molecule has 1 heterocycles. The number of guanidine groups is 1. The second kappa shape index (κ2) is 9.57. The molecule has 6 nitrogen and oxygen atoms in total. The molecule has 1 saturated heterocycles. The summed E-state index contributed by atoms with van der Waals surface area (Å²) in [5, 5.41) is 0. The van der Waals surface area contributed by atoms with Gasteiger partial charge >= 0.3 is 0 Å². The molecule has 8 heteroatoms. The van der Waals surface area contributed by atoms with Gasteiger partial charge < -0.3 is 10.6 Å². The van der Waals surface area contributed by atoms with Crippen LogP contribution >= 0.6 is 24.0 Å². The standard InChI is InChI=1S/C16H26N4O2S.HI/c1-3-19-23(21,22)15-8-6-14(7-9-15)11-18-16(17)20-10-4-5-13(2)12-20;/h6-9,13,19H,3-5,10-12H2,1-2H3,(H2,17,18);1H. The smallest absolute Gasteiger partial charge is 0.240 e. The second-order valence-corrected chi connectivity index (χ2v) is 7.78. The molecule has 1 fully saturated rings. The van der Waals surface area contributed by atoms with Crippen LogP contribution in [-0.4, -0.2) is 38.9 Å². The molecule has 0 spiro atoms. The maximum atomic E-state index is 11.9. The highest BCUT2D eigenvalue weighted by Crippen LogP contribution is 2.15. The summed E-state index contributed by atoms with van der Waals surface area (Å²) in [6.07, 6.45) is 2.39. The molecule has 0 aromatic heterocycles. The summed E-state index contributed by atoms with van der Waals surface area (Å²) in [6, 6.07) is 6.75. The predicted octanol–water partition coefficient (Wildman–Crippen LogP) is 2.15. The molecular weight excluding hydrogens is 439 g/mol. The van der Waals surface area contributed by atoms with E-state index in [1.165, 1.54) is 6.42 Å². The summed E-state index contributed by atoms with van der Waals surface area (Å²) in [7, 11) is -3.40. The van der Waals surface area contributed by atoms with Gasteiger partial charge in [0.25, 0.3) is 0 Å². The highest BCUT2D eigenvalue weighted by Gasteiger charge is 2.17. The van der Waals surface area contributed by atoms with Crippen LogP contribution in [0, 0.1) is 5.92 Å². The fourth-order valence-corrected chi connectivity index (χ4v) is 3.76. The Morgan fingerprint density at radius 1 is 1.38 bits per heavy atom. The third-order valence-corrected chi connectivity index (χ3v) is 5.53. The normalized spacial score (nSPS) is 19.0. The fraction of sp³-hybridized carbons (Fsp3) is 0.562. The molecule has 0 aliphatic carbocycles. The minimum absolute atomic E-state index is 0. The van der Waals surface area contributed by atoms with Gasteiger partial charge in [-0.2, -0.15) is 0 Å². The van der Waals surface area contributed by atoms with Crippen molar-refractivity contribution in [3.8, 4) is 0 Å². The zero-order valence-corrected chi connectivity index (χ0v) is 17.4. The number of hydrogen-bond donors (Lipinski definition) is 2. The fourth-order valence-electron chi connectivity index (χ4n) is 2.72. The number of likely N-dealkylation sites (tertiary alicyclic amines) is 1. The van der Waals surface area contributed by atoms with Crippen molar-refractivity contribution in [3.63, 3.8) is 0 Å². The molecule has 136 valence electrons. The van der Waals surface area contributed by atoms with E-state index in [1.807, 2.05) is 0 Å². The minimum atomic E-state index is -3.40. The average molecular weight is 466 g/mol. The maximum Gasteiger partial charge on any atom is 0.240 e. The van der Waals surface area contributed by atoms with Crippen LogP contribution in [0.1, 0.15) is 32.3 Å². The van der Waals surface area contributed by atoms with Crippen molar-refractivity contribution in [2.75, 3.05) is 19.6 Å². The van der Waals surface area contributed by atoms with Crippen LogP contribution < -0.4 is 10.5 Å². The summed E-state index contributed by atoms with van der Waals surface area (Å²) in [5.41, 5.74) is 7.01. The summed E-state index contributed by atoms with van der Waals surface area (Å²) in [6.45, 7) is 6.72. The maximum absolute atomic E-state index is 11.9. The van der Waals surface area contributed by atoms with Gasteiger partial charge in [-0.25, -0.2) is 18.1 Å². The van der Waals surface area contributed by atoms with Crippen molar-refractivity contribution in [2.24, 2.45) is 16.6 Å². The Morgan fingerprint density at radius 2 is 2.04 bits per heavy atom. The van der Waals surface area contributed by atoms with Crippen LogP contribution in [0.2, 0.25) is 0 Å². The van der Waals surface area contributed by atoms with Gasteiger partial charge in [-0.3, -0.25) is 0 Å². The Balaban J connectivity index is 0.00000288. The molecule has 3 N–H and O–H groups in total. The van der Waals surface area contributed by atoms with Gasteiger partial charge in [0.15, 0.2) is 5.96 Å². The first-order valence-electron chi connectivity index (χ1n) is 8.06. The topological polar surface area (TPSA) is 87.8 Å². The summed E-state index contributed by atoms with van der Waals surface area (Å²) in [4.78, 5) is 6.83. The molecule has 0 amide bonds. The molecule has 2 rings (SSSR count). The number of nitrogens with one attached hydrogen (secondary N) is 1. The van der Waals surface area contributed by atoms with Gasteiger partial charge in [0.05, 0.1) is 11.4 Å². The van der Waals surface area contributed by atoms with Gasteiger partial charge in [0, 0.05) is 19.6 Å². The number of hydrogen-bond acceptors (Lipinski definition) is 3. The van der Waals surface area contributed by atoms with Gasteiger partial charge in [0.2, 0.25) is 10.0 Å². The Hall–Kier alpha value is -0.870. The Labute approximate surface area is 162 Å². The van der Waals surface area contributed by atoms with Crippen LogP contribution in [-0.2, 0) is 16.6 Å². The largest absolute Gasteiger partial charge is 0.370 e. The van der Waals surface area contributed by atoms with E-state index in [0.29, 0.717) is 25.0 Å². The van der Waals surface area contributed by atoms with Crippen LogP contribution in [0.15, 0.2) is 34.2 Å². The van der Waals surface area contributed by atoms with Crippen LogP contribution in [0.4, 0.5) is 0 Å². The number of nitrogens with two attached hydrogens (primary N) is 1. The summed E-state index contributed by atoms with van der Waals surface area (Å²) in [5.74, 6) is 1.22. The lowest BCUT2D eigenvalue weighted by atomic mass is 10.0. The van der Waals surface area contributed by atoms with Crippen LogP contribution in [0.25, 0.3) is 0 Å². The quantitative estimate of drug-likeness (QED) is 0.396. The van der Waals surface area contributed by atoms with E-state index < -0.39 is 10.0 Å². The van der Waals surface area contributed by atoms with E-state index in [-0.39, 0.29) is 28.9 Å². The molecule has 1 aromatic carbocycles. The molecule has 0 radical (unpaired) electrons. The molecule has 0 saturated carbocycles. The minimum Gasteiger partial charge on any atom is -0.370 e. The number of benzene rings is 1. The van der Waals surface area contributed by atoms with Gasteiger partial charge in [-0.15, -0.1) is 24.0 Å². The Kier molecular flexibility index (Phi) is 8.44. The monoisotopic (exact) mass is 466 g/mol. The van der Waals surface area contributed by atoms with Gasteiger partial charge in [-0.1, -0.05) is 26.0 Å². The molecule has 24 heavy (non-hydrogen) atoms. The molecule has 1 aliphatic rings. The Morgan fingerprint density at radius 3 is 2.62 bits per heavy atom. The molecule has 1 aromatic rings. The van der Waals surface area contributed by atoms with E-state index in [1.54, 1.807) is 31.2 Å². The number of aliphatic imine (C=N–C) groups is 1. The van der Waals surface area contributed by atoms with Crippen LogP contribution in [0.3, 0.4) is 0 Å². The highest BCUT2D eigenvalue weighted by molar-refractivity contribution is 14.0. The van der Waals surface area contributed by atoms with Crippen molar-refractivity contribution >= 4 is 40.0 Å². The molecular formula is C16H27IN4O2S.